The summed E-state index contributed by atoms with van der Waals surface area (Å²) in [7, 11) is 3.29. The number of carbonyl (C=O) groups excluding carboxylic acids is 1. The molecule has 2 bridgehead atoms. The first-order valence-corrected chi connectivity index (χ1v) is 12.2. The fourth-order valence-corrected chi connectivity index (χ4v) is 4.88. The minimum atomic E-state index is -1.02. The second-order valence-electron chi connectivity index (χ2n) is 9.23. The molecule has 1 amide bonds. The summed E-state index contributed by atoms with van der Waals surface area (Å²) >= 11 is 0. The van der Waals surface area contributed by atoms with Crippen molar-refractivity contribution >= 4 is 5.91 Å². The smallest absolute Gasteiger partial charge is 0.237 e. The molecular formula is C27H33F2N3O4. The molecule has 7 nitrogen and oxygen atoms in total. The zero-order chi connectivity index (χ0) is 25.7. The van der Waals surface area contributed by atoms with E-state index in [1.807, 2.05) is 30.4 Å². The number of carbonyl (C=O) groups is 1. The molecule has 5 atom stereocenters. The highest BCUT2D eigenvalue weighted by molar-refractivity contribution is 5.82. The van der Waals surface area contributed by atoms with Gasteiger partial charge in [0, 0.05) is 18.7 Å². The lowest BCUT2D eigenvalue weighted by atomic mass is 9.99. The average molecular weight is 502 g/mol. The summed E-state index contributed by atoms with van der Waals surface area (Å²) < 4.78 is 39.2. The van der Waals surface area contributed by atoms with Gasteiger partial charge >= 0.3 is 0 Å². The van der Waals surface area contributed by atoms with E-state index in [4.69, 9.17) is 9.47 Å². The number of rotatable bonds is 4. The molecular weight excluding hydrogens is 468 g/mol. The van der Waals surface area contributed by atoms with Crippen molar-refractivity contribution in [2.45, 2.75) is 49.6 Å². The molecule has 4 rings (SSSR count). The maximum absolute atomic E-state index is 13.8. The van der Waals surface area contributed by atoms with Crippen LogP contribution in [0.25, 0.3) is 0 Å². The van der Waals surface area contributed by atoms with E-state index in [0.29, 0.717) is 25.0 Å². The predicted octanol–water partition coefficient (Wildman–Crippen LogP) is 2.70. The normalized spacial score (nSPS) is 27.0. The van der Waals surface area contributed by atoms with Gasteiger partial charge in [-0.05, 0) is 67.3 Å². The zero-order valence-electron chi connectivity index (χ0n) is 20.5. The molecule has 194 valence electrons. The number of fused-ring (bicyclic) bond motifs is 5. The van der Waals surface area contributed by atoms with Crippen LogP contribution in [0.3, 0.4) is 0 Å². The summed E-state index contributed by atoms with van der Waals surface area (Å²) in [6.45, 7) is 0.552. The number of hydrogen-bond donors (Lipinski definition) is 4. The van der Waals surface area contributed by atoms with Gasteiger partial charge in [0.1, 0.15) is 17.4 Å². The highest BCUT2D eigenvalue weighted by Gasteiger charge is 2.33. The molecule has 0 fully saturated rings. The third kappa shape index (κ3) is 6.28. The molecule has 2 aliphatic rings. The lowest BCUT2D eigenvalue weighted by Crippen LogP contribution is -2.53. The zero-order valence-corrected chi connectivity index (χ0v) is 20.5. The Bertz CT molecular complexity index is 1080. The van der Waals surface area contributed by atoms with Crippen LogP contribution in [-0.2, 0) is 16.0 Å². The first-order valence-electron chi connectivity index (χ1n) is 12.2. The summed E-state index contributed by atoms with van der Waals surface area (Å²) in [5.74, 6) is -0.994. The van der Waals surface area contributed by atoms with Crippen molar-refractivity contribution in [3.8, 4) is 5.75 Å². The number of halogens is 2. The quantitative estimate of drug-likeness (QED) is 0.482. The van der Waals surface area contributed by atoms with Crippen LogP contribution in [0.2, 0.25) is 0 Å². The number of benzene rings is 2. The molecule has 0 saturated heterocycles. The van der Waals surface area contributed by atoms with E-state index >= 15 is 0 Å². The molecule has 36 heavy (non-hydrogen) atoms. The van der Waals surface area contributed by atoms with Crippen molar-refractivity contribution in [3.63, 3.8) is 0 Å². The van der Waals surface area contributed by atoms with Gasteiger partial charge in [0.2, 0.25) is 5.91 Å². The van der Waals surface area contributed by atoms with Gasteiger partial charge in [-0.3, -0.25) is 4.79 Å². The molecule has 0 saturated carbocycles. The number of nitrogens with one attached hydrogen (secondary N) is 3. The Morgan fingerprint density at radius 3 is 2.64 bits per heavy atom. The Hall–Kier alpha value is -2.85. The van der Waals surface area contributed by atoms with Crippen molar-refractivity contribution in [1.29, 1.82) is 0 Å². The molecule has 1 heterocycles. The Labute approximate surface area is 209 Å². The minimum absolute atomic E-state index is 0.0658. The number of aliphatic hydroxyl groups excluding tert-OH is 1. The number of methoxy groups -OCH3 is 1. The van der Waals surface area contributed by atoms with Gasteiger partial charge in [-0.15, -0.1) is 0 Å². The van der Waals surface area contributed by atoms with E-state index in [2.05, 4.69) is 16.0 Å². The van der Waals surface area contributed by atoms with E-state index in [0.717, 1.165) is 22.9 Å². The Kier molecular flexibility index (Phi) is 8.68. The monoisotopic (exact) mass is 501 g/mol. The average Bonchev–Trinajstić information content (AvgIpc) is 3.19. The molecule has 0 aromatic heterocycles. The van der Waals surface area contributed by atoms with Gasteiger partial charge in [-0.25, -0.2) is 8.78 Å². The molecule has 0 unspecified atom stereocenters. The van der Waals surface area contributed by atoms with E-state index in [9.17, 15) is 18.7 Å². The highest BCUT2D eigenvalue weighted by atomic mass is 19.1. The molecule has 1 aliphatic heterocycles. The summed E-state index contributed by atoms with van der Waals surface area (Å²) in [6.07, 6.45) is 3.79. The van der Waals surface area contributed by atoms with Crippen molar-refractivity contribution in [2.24, 2.45) is 0 Å². The van der Waals surface area contributed by atoms with Crippen molar-refractivity contribution < 1.29 is 28.2 Å². The van der Waals surface area contributed by atoms with Gasteiger partial charge in [0.25, 0.3) is 0 Å². The summed E-state index contributed by atoms with van der Waals surface area (Å²) in [5.41, 5.74) is 2.45. The van der Waals surface area contributed by atoms with E-state index in [1.54, 1.807) is 14.2 Å². The van der Waals surface area contributed by atoms with Crippen LogP contribution in [0.15, 0.2) is 48.6 Å². The van der Waals surface area contributed by atoms with Crippen LogP contribution < -0.4 is 20.7 Å². The van der Waals surface area contributed by atoms with Crippen LogP contribution in [0, 0.1) is 11.6 Å². The lowest BCUT2D eigenvalue weighted by Gasteiger charge is -2.28. The predicted molar refractivity (Wildman–Crippen MR) is 132 cm³/mol. The fourth-order valence-electron chi connectivity index (χ4n) is 4.88. The Morgan fingerprint density at radius 1 is 1.14 bits per heavy atom. The Morgan fingerprint density at radius 2 is 1.92 bits per heavy atom. The van der Waals surface area contributed by atoms with E-state index < -0.39 is 29.8 Å². The standard InChI is InChI=1S/C27H33F2N3O4/c1-30-22-5-3-4-8-36-26-14-23(21-13-19(35-2)6-7-20(21)26)31-15-25(33)24(32-27(22)34)11-16-9-17(28)12-18(29)10-16/h3-4,6-7,9-10,12-13,22-26,30-31,33H,5,8,11,14-15H2,1-2H3,(H,32,34)/t22-,23-,24-,25+,26+/m0/s1. The third-order valence-corrected chi connectivity index (χ3v) is 6.81. The number of ether oxygens (including phenoxy) is 2. The van der Waals surface area contributed by atoms with Crippen LogP contribution >= 0.6 is 0 Å². The van der Waals surface area contributed by atoms with E-state index in [-0.39, 0.29) is 31.0 Å². The number of amides is 1. The maximum atomic E-state index is 13.8. The highest BCUT2D eigenvalue weighted by Crippen LogP contribution is 2.42. The summed E-state index contributed by atoms with van der Waals surface area (Å²) in [6, 6.07) is 7.69. The number of β-amino-alcohol motifs (C(OH)–C–C–N with tert-alkyl or cyclic N) is 1. The van der Waals surface area contributed by atoms with Crippen LogP contribution in [-0.4, -0.2) is 56.5 Å². The van der Waals surface area contributed by atoms with Gasteiger partial charge in [0.15, 0.2) is 0 Å². The van der Waals surface area contributed by atoms with Crippen molar-refractivity contribution in [2.75, 3.05) is 27.3 Å². The molecule has 0 radical (unpaired) electrons. The van der Waals surface area contributed by atoms with Gasteiger partial charge in [-0.2, -0.15) is 0 Å². The van der Waals surface area contributed by atoms with Crippen molar-refractivity contribution in [3.05, 3.63) is 76.9 Å². The lowest BCUT2D eigenvalue weighted by molar-refractivity contribution is -0.124. The molecule has 1 aliphatic carbocycles. The molecule has 0 spiro atoms. The molecule has 9 heteroatoms. The second-order valence-corrected chi connectivity index (χ2v) is 9.23. The van der Waals surface area contributed by atoms with Crippen molar-refractivity contribution in [1.82, 2.24) is 16.0 Å². The topological polar surface area (TPSA) is 91.9 Å². The Balaban J connectivity index is 1.61. The minimum Gasteiger partial charge on any atom is -0.497 e. The largest absolute Gasteiger partial charge is 0.497 e. The fraction of sp³-hybridized carbons (Fsp3) is 0.444. The van der Waals surface area contributed by atoms with Crippen LogP contribution in [0.1, 0.15) is 41.7 Å². The van der Waals surface area contributed by atoms with Crippen LogP contribution in [0.4, 0.5) is 8.78 Å². The first kappa shape index (κ1) is 26.2. The SMILES string of the molecule is CN[C@H]1CC=CCO[C@@H]2C[C@H](NC[C@@H](O)[C@H](Cc3cc(F)cc(F)c3)NC1=O)c1cc(OC)ccc12. The summed E-state index contributed by atoms with van der Waals surface area (Å²) in [5, 5.41) is 20.4. The van der Waals surface area contributed by atoms with Crippen LogP contribution in [0.5, 0.6) is 5.75 Å². The van der Waals surface area contributed by atoms with E-state index in [1.165, 1.54) is 12.1 Å². The third-order valence-electron chi connectivity index (χ3n) is 6.81. The summed E-state index contributed by atoms with van der Waals surface area (Å²) in [4.78, 5) is 13.0. The van der Waals surface area contributed by atoms with Gasteiger partial charge < -0.3 is 30.5 Å². The maximum Gasteiger partial charge on any atom is 0.237 e. The molecule has 2 aromatic carbocycles. The number of hydrogen-bond acceptors (Lipinski definition) is 6. The first-order chi connectivity index (χ1) is 17.4. The van der Waals surface area contributed by atoms with Gasteiger partial charge in [0.05, 0.1) is 38.0 Å². The second kappa shape index (κ2) is 11.9. The number of likely N-dealkylation sites (N-methyl/N-ethyl adjacent to an activating group) is 1. The number of aliphatic hydroxyl groups is 1. The van der Waals surface area contributed by atoms with Gasteiger partial charge in [-0.1, -0.05) is 18.2 Å². The molecule has 4 N–H and O–H groups in total. The molecule has 2 aromatic rings.